The summed E-state index contributed by atoms with van der Waals surface area (Å²) in [5, 5.41) is 12.1. The fourth-order valence-corrected chi connectivity index (χ4v) is 2.46. The van der Waals surface area contributed by atoms with E-state index in [4.69, 9.17) is 5.73 Å². The van der Waals surface area contributed by atoms with E-state index in [1.807, 2.05) is 17.0 Å². The van der Waals surface area contributed by atoms with Gasteiger partial charge in [0.05, 0.1) is 24.5 Å². The van der Waals surface area contributed by atoms with Crippen LogP contribution in [-0.2, 0) is 4.79 Å². The number of carbonyl (C=O) groups excluding carboxylic acids is 1. The van der Waals surface area contributed by atoms with Crippen LogP contribution in [0.4, 0.5) is 11.4 Å². The van der Waals surface area contributed by atoms with Gasteiger partial charge >= 0.3 is 0 Å². The first-order chi connectivity index (χ1) is 9.20. The molecule has 1 heterocycles. The number of nitrogens with zero attached hydrogens (tertiary/aromatic N) is 1. The molecule has 4 N–H and O–H groups in total. The number of carbonyl (C=O) groups is 1. The number of aliphatic hydroxyl groups excluding tert-OH is 1. The first-order valence-corrected chi connectivity index (χ1v) is 6.70. The van der Waals surface area contributed by atoms with Gasteiger partial charge in [-0.25, -0.2) is 0 Å². The number of hydrogen-bond acceptors (Lipinski definition) is 4. The average Bonchev–Trinajstić information content (AvgIpc) is 2.42. The molecule has 1 saturated heterocycles. The Kier molecular flexibility index (Phi) is 4.76. The van der Waals surface area contributed by atoms with Crippen LogP contribution in [0.15, 0.2) is 24.3 Å². The number of rotatable bonds is 4. The zero-order chi connectivity index (χ0) is 13.7. The number of nitrogens with two attached hydrogens (primary N) is 1. The molecule has 19 heavy (non-hydrogen) atoms. The van der Waals surface area contributed by atoms with E-state index in [1.165, 1.54) is 0 Å². The van der Waals surface area contributed by atoms with Gasteiger partial charge in [0.25, 0.3) is 0 Å². The quantitative estimate of drug-likeness (QED) is 0.710. The Morgan fingerprint density at radius 1 is 1.42 bits per heavy atom. The van der Waals surface area contributed by atoms with Crippen molar-refractivity contribution >= 4 is 17.3 Å². The first kappa shape index (κ1) is 13.8. The highest BCUT2D eigenvalue weighted by atomic mass is 16.3. The van der Waals surface area contributed by atoms with Crippen LogP contribution in [-0.4, -0.2) is 41.7 Å². The van der Waals surface area contributed by atoms with Gasteiger partial charge in [-0.15, -0.1) is 0 Å². The number of para-hydroxylation sites is 2. The summed E-state index contributed by atoms with van der Waals surface area (Å²) in [5.74, 6) is -0.0850. The van der Waals surface area contributed by atoms with E-state index in [0.29, 0.717) is 17.9 Å². The lowest BCUT2D eigenvalue weighted by atomic mass is 10.0. The maximum Gasteiger partial charge on any atom is 0.238 e. The molecule has 5 nitrogen and oxygen atoms in total. The molecule has 1 atom stereocenters. The van der Waals surface area contributed by atoms with Gasteiger partial charge < -0.3 is 16.2 Å². The molecular formula is C14H21N3O2. The normalized spacial score (nSPS) is 20.2. The first-order valence-electron chi connectivity index (χ1n) is 6.70. The molecule has 104 valence electrons. The number of piperidine rings is 1. The third-order valence-corrected chi connectivity index (χ3v) is 3.54. The summed E-state index contributed by atoms with van der Waals surface area (Å²) in [6.45, 7) is 1.28. The number of anilines is 2. The highest BCUT2D eigenvalue weighted by Crippen LogP contribution is 2.18. The van der Waals surface area contributed by atoms with Crippen LogP contribution in [0.25, 0.3) is 0 Å². The largest absolute Gasteiger partial charge is 0.397 e. The van der Waals surface area contributed by atoms with Crippen molar-refractivity contribution in [3.63, 3.8) is 0 Å². The number of likely N-dealkylation sites (tertiary alicyclic amines) is 1. The second-order valence-corrected chi connectivity index (χ2v) is 4.94. The number of hydrogen-bond donors (Lipinski definition) is 3. The summed E-state index contributed by atoms with van der Waals surface area (Å²) in [6, 6.07) is 7.31. The van der Waals surface area contributed by atoms with E-state index < -0.39 is 0 Å². The topological polar surface area (TPSA) is 78.6 Å². The van der Waals surface area contributed by atoms with E-state index in [0.717, 1.165) is 25.8 Å². The van der Waals surface area contributed by atoms with Crippen molar-refractivity contribution in [3.8, 4) is 0 Å². The van der Waals surface area contributed by atoms with E-state index in [1.54, 1.807) is 12.1 Å². The molecule has 0 bridgehead atoms. The van der Waals surface area contributed by atoms with E-state index in [-0.39, 0.29) is 18.6 Å². The van der Waals surface area contributed by atoms with Gasteiger partial charge in [-0.1, -0.05) is 18.6 Å². The molecule has 5 heteroatoms. The highest BCUT2D eigenvalue weighted by Gasteiger charge is 2.23. The maximum absolute atomic E-state index is 12.0. The van der Waals surface area contributed by atoms with Crippen LogP contribution in [0.1, 0.15) is 19.3 Å². The van der Waals surface area contributed by atoms with Gasteiger partial charge in [-0.3, -0.25) is 9.69 Å². The van der Waals surface area contributed by atoms with Gasteiger partial charge in [-0.05, 0) is 31.5 Å². The van der Waals surface area contributed by atoms with Gasteiger partial charge in [-0.2, -0.15) is 0 Å². The van der Waals surface area contributed by atoms with Crippen LogP contribution < -0.4 is 11.1 Å². The van der Waals surface area contributed by atoms with E-state index in [9.17, 15) is 9.90 Å². The molecule has 0 aromatic heterocycles. The van der Waals surface area contributed by atoms with Gasteiger partial charge in [0.2, 0.25) is 5.91 Å². The summed E-state index contributed by atoms with van der Waals surface area (Å²) in [5.41, 5.74) is 6.99. The molecule has 1 aliphatic heterocycles. The Bertz CT molecular complexity index is 436. The summed E-state index contributed by atoms with van der Waals surface area (Å²) < 4.78 is 0. The molecule has 1 fully saturated rings. The molecular weight excluding hydrogens is 242 g/mol. The third-order valence-electron chi connectivity index (χ3n) is 3.54. The third kappa shape index (κ3) is 3.68. The number of nitrogen functional groups attached to an aromatic ring is 1. The minimum absolute atomic E-state index is 0.0850. The minimum atomic E-state index is -0.0850. The van der Waals surface area contributed by atoms with Crippen molar-refractivity contribution in [1.82, 2.24) is 4.90 Å². The van der Waals surface area contributed by atoms with Crippen molar-refractivity contribution in [1.29, 1.82) is 0 Å². The molecule has 0 saturated carbocycles. The van der Waals surface area contributed by atoms with Crippen molar-refractivity contribution < 1.29 is 9.90 Å². The van der Waals surface area contributed by atoms with Crippen molar-refractivity contribution in [2.45, 2.75) is 25.3 Å². The number of benzene rings is 1. The van der Waals surface area contributed by atoms with Gasteiger partial charge in [0.15, 0.2) is 0 Å². The minimum Gasteiger partial charge on any atom is -0.397 e. The maximum atomic E-state index is 12.0. The zero-order valence-electron chi connectivity index (χ0n) is 11.0. The molecule has 1 amide bonds. The second-order valence-electron chi connectivity index (χ2n) is 4.94. The molecule has 1 aliphatic rings. The Hall–Kier alpha value is -1.59. The van der Waals surface area contributed by atoms with Crippen molar-refractivity contribution in [3.05, 3.63) is 24.3 Å². The lowest BCUT2D eigenvalue weighted by Gasteiger charge is -2.33. The van der Waals surface area contributed by atoms with Crippen LogP contribution >= 0.6 is 0 Å². The number of aliphatic hydroxyl groups is 1. The Morgan fingerprint density at radius 2 is 2.21 bits per heavy atom. The SMILES string of the molecule is Nc1ccccc1NC(=O)CN1CCCCC1CO. The molecule has 1 aromatic carbocycles. The molecule has 1 unspecified atom stereocenters. The fourth-order valence-electron chi connectivity index (χ4n) is 2.46. The highest BCUT2D eigenvalue weighted by molar-refractivity contribution is 5.95. The lowest BCUT2D eigenvalue weighted by Crippen LogP contribution is -2.45. The Morgan fingerprint density at radius 3 is 2.95 bits per heavy atom. The Labute approximate surface area is 113 Å². The van der Waals surface area contributed by atoms with Crippen LogP contribution in [0.2, 0.25) is 0 Å². The molecule has 0 spiro atoms. The van der Waals surface area contributed by atoms with E-state index in [2.05, 4.69) is 5.32 Å². The lowest BCUT2D eigenvalue weighted by molar-refractivity contribution is -0.118. The molecule has 0 aliphatic carbocycles. The predicted molar refractivity (Wildman–Crippen MR) is 75.8 cm³/mol. The average molecular weight is 263 g/mol. The number of nitrogens with one attached hydrogen (secondary N) is 1. The second kappa shape index (κ2) is 6.54. The van der Waals surface area contributed by atoms with Crippen LogP contribution in [0, 0.1) is 0 Å². The Balaban J connectivity index is 1.92. The van der Waals surface area contributed by atoms with Crippen LogP contribution in [0.5, 0.6) is 0 Å². The summed E-state index contributed by atoms with van der Waals surface area (Å²) >= 11 is 0. The predicted octanol–water partition coefficient (Wildman–Crippen LogP) is 1.05. The molecule has 2 rings (SSSR count). The van der Waals surface area contributed by atoms with E-state index >= 15 is 0 Å². The molecule has 0 radical (unpaired) electrons. The van der Waals surface area contributed by atoms with Crippen molar-refractivity contribution in [2.24, 2.45) is 0 Å². The monoisotopic (exact) mass is 263 g/mol. The summed E-state index contributed by atoms with van der Waals surface area (Å²) in [7, 11) is 0. The zero-order valence-corrected chi connectivity index (χ0v) is 11.0. The summed E-state index contributed by atoms with van der Waals surface area (Å²) in [6.07, 6.45) is 3.16. The fraction of sp³-hybridized carbons (Fsp3) is 0.500. The standard InChI is InChI=1S/C14H21N3O2/c15-12-6-1-2-7-13(12)16-14(19)9-17-8-4-3-5-11(17)10-18/h1-2,6-7,11,18H,3-5,8-10,15H2,(H,16,19). The number of amides is 1. The smallest absolute Gasteiger partial charge is 0.238 e. The summed E-state index contributed by atoms with van der Waals surface area (Å²) in [4.78, 5) is 14.0. The van der Waals surface area contributed by atoms with Crippen molar-refractivity contribution in [2.75, 3.05) is 30.7 Å². The van der Waals surface area contributed by atoms with Crippen LogP contribution in [0.3, 0.4) is 0 Å². The molecule has 1 aromatic rings. The van der Waals surface area contributed by atoms with Gasteiger partial charge in [0.1, 0.15) is 0 Å². The van der Waals surface area contributed by atoms with Gasteiger partial charge in [0, 0.05) is 6.04 Å².